The number of benzene rings is 2. The minimum Gasteiger partial charge on any atom is -0.494 e. The highest BCUT2D eigenvalue weighted by atomic mass is 32.2. The van der Waals surface area contributed by atoms with Crippen molar-refractivity contribution in [3.63, 3.8) is 0 Å². The van der Waals surface area contributed by atoms with Gasteiger partial charge in [-0.25, -0.2) is 16.8 Å². The summed E-state index contributed by atoms with van der Waals surface area (Å²) in [5.41, 5.74) is 0.953. The number of hydrogen-bond donors (Lipinski definition) is 1. The summed E-state index contributed by atoms with van der Waals surface area (Å²) in [6.07, 6.45) is 0.989. The van der Waals surface area contributed by atoms with E-state index in [4.69, 9.17) is 9.47 Å². The maximum absolute atomic E-state index is 12.8. The Hall–Kier alpha value is -2.67. The van der Waals surface area contributed by atoms with Crippen molar-refractivity contribution in [3.8, 4) is 5.75 Å². The van der Waals surface area contributed by atoms with Crippen LogP contribution in [-0.4, -0.2) is 72.8 Å². The highest BCUT2D eigenvalue weighted by Crippen LogP contribution is 2.23. The molecule has 186 valence electrons. The average Bonchev–Trinajstić information content (AvgIpc) is 2.82. The van der Waals surface area contributed by atoms with E-state index in [9.17, 15) is 21.6 Å². The van der Waals surface area contributed by atoms with E-state index in [0.29, 0.717) is 25.6 Å². The first-order valence-corrected chi connectivity index (χ1v) is 14.0. The quantitative estimate of drug-likeness (QED) is 0.508. The smallest absolute Gasteiger partial charge is 0.243 e. The monoisotopic (exact) mass is 511 g/mol. The second kappa shape index (κ2) is 11.2. The van der Waals surface area contributed by atoms with Gasteiger partial charge in [-0.3, -0.25) is 9.10 Å². The van der Waals surface area contributed by atoms with E-state index in [2.05, 4.69) is 5.32 Å². The lowest BCUT2D eigenvalue weighted by Gasteiger charge is -2.26. The third kappa shape index (κ3) is 6.47. The molecule has 0 bridgehead atoms. The highest BCUT2D eigenvalue weighted by Gasteiger charge is 2.27. The molecule has 34 heavy (non-hydrogen) atoms. The normalized spacial score (nSPS) is 15.0. The summed E-state index contributed by atoms with van der Waals surface area (Å²) in [6.45, 7) is 3.21. The van der Waals surface area contributed by atoms with Crippen LogP contribution in [0.4, 0.5) is 5.69 Å². The average molecular weight is 512 g/mol. The molecule has 0 saturated carbocycles. The molecule has 0 unspecified atom stereocenters. The van der Waals surface area contributed by atoms with Crippen LogP contribution in [0.3, 0.4) is 0 Å². The molecule has 1 heterocycles. The number of nitrogens with one attached hydrogen (secondary N) is 1. The molecule has 1 amide bonds. The summed E-state index contributed by atoms with van der Waals surface area (Å²) in [5.74, 6) is 0.129. The molecule has 1 fully saturated rings. The fraction of sp³-hybridized carbons (Fsp3) is 0.409. The van der Waals surface area contributed by atoms with Crippen molar-refractivity contribution in [3.05, 3.63) is 54.1 Å². The molecule has 0 aromatic heterocycles. The van der Waals surface area contributed by atoms with Crippen molar-refractivity contribution in [2.45, 2.75) is 18.4 Å². The van der Waals surface area contributed by atoms with E-state index in [1.165, 1.54) is 28.6 Å². The van der Waals surface area contributed by atoms with Crippen LogP contribution in [0.25, 0.3) is 0 Å². The predicted octanol–water partition coefficient (Wildman–Crippen LogP) is 1.19. The van der Waals surface area contributed by atoms with Gasteiger partial charge in [-0.05, 0) is 37.3 Å². The molecule has 1 aliphatic rings. The van der Waals surface area contributed by atoms with Gasteiger partial charge in [0.2, 0.25) is 26.0 Å². The van der Waals surface area contributed by atoms with Crippen molar-refractivity contribution < 1.29 is 31.1 Å². The van der Waals surface area contributed by atoms with E-state index >= 15 is 0 Å². The Morgan fingerprint density at radius 3 is 2.32 bits per heavy atom. The van der Waals surface area contributed by atoms with E-state index in [1.807, 2.05) is 25.1 Å². The summed E-state index contributed by atoms with van der Waals surface area (Å²) >= 11 is 0. The van der Waals surface area contributed by atoms with Gasteiger partial charge in [0.05, 0.1) is 36.7 Å². The zero-order valence-electron chi connectivity index (χ0n) is 19.1. The summed E-state index contributed by atoms with van der Waals surface area (Å²) in [7, 11) is -7.53. The van der Waals surface area contributed by atoms with Crippen molar-refractivity contribution in [2.24, 2.45) is 0 Å². The molecule has 2 aromatic rings. The van der Waals surface area contributed by atoms with Gasteiger partial charge in [0, 0.05) is 25.2 Å². The number of morpholine rings is 1. The van der Waals surface area contributed by atoms with Gasteiger partial charge in [0.25, 0.3) is 0 Å². The van der Waals surface area contributed by atoms with E-state index in [0.717, 1.165) is 16.1 Å². The van der Waals surface area contributed by atoms with Crippen LogP contribution in [0.5, 0.6) is 5.75 Å². The van der Waals surface area contributed by atoms with Crippen LogP contribution < -0.4 is 14.4 Å². The third-order valence-electron chi connectivity index (χ3n) is 5.17. The number of amides is 1. The molecule has 2 aromatic carbocycles. The molecule has 1 aliphatic heterocycles. The minimum absolute atomic E-state index is 0.0450. The SMILES string of the molecule is CCOc1ccccc1CNC(=O)CN(c1ccc(S(=O)(=O)N2CCOCC2)cc1)S(C)(=O)=O. The number of nitrogens with zero attached hydrogens (tertiary/aromatic N) is 2. The molecule has 0 radical (unpaired) electrons. The van der Waals surface area contributed by atoms with Crippen LogP contribution in [0, 0.1) is 0 Å². The Bertz CT molecular complexity index is 1190. The lowest BCUT2D eigenvalue weighted by molar-refractivity contribution is -0.119. The number of sulfonamides is 2. The highest BCUT2D eigenvalue weighted by molar-refractivity contribution is 7.92. The number of ether oxygens (including phenoxy) is 2. The lowest BCUT2D eigenvalue weighted by Crippen LogP contribution is -2.41. The van der Waals surface area contributed by atoms with E-state index < -0.39 is 32.5 Å². The fourth-order valence-corrected chi connectivity index (χ4v) is 5.71. The first-order chi connectivity index (χ1) is 16.1. The predicted molar refractivity (Wildman–Crippen MR) is 128 cm³/mol. The Morgan fingerprint density at radius 1 is 1.06 bits per heavy atom. The Kier molecular flexibility index (Phi) is 8.52. The van der Waals surface area contributed by atoms with Gasteiger partial charge in [-0.1, -0.05) is 18.2 Å². The van der Waals surface area contributed by atoms with Gasteiger partial charge in [0.15, 0.2) is 0 Å². The van der Waals surface area contributed by atoms with Gasteiger partial charge in [0.1, 0.15) is 12.3 Å². The molecule has 10 nitrogen and oxygen atoms in total. The second-order valence-electron chi connectivity index (χ2n) is 7.60. The first-order valence-electron chi connectivity index (χ1n) is 10.8. The standard InChI is InChI=1S/C22H29N3O7S2/c1-3-32-21-7-5-4-6-18(21)16-23-22(26)17-25(33(2,27)28)19-8-10-20(11-9-19)34(29,30)24-12-14-31-15-13-24/h4-11H,3,12-17H2,1-2H3,(H,23,26). The number of carbonyl (C=O) groups excluding carboxylic acids is 1. The third-order valence-corrected chi connectivity index (χ3v) is 8.22. The zero-order chi connectivity index (χ0) is 24.8. The lowest BCUT2D eigenvalue weighted by atomic mass is 10.2. The Morgan fingerprint density at radius 2 is 1.71 bits per heavy atom. The van der Waals surface area contributed by atoms with E-state index in [-0.39, 0.29) is 30.2 Å². The van der Waals surface area contributed by atoms with Crippen molar-refractivity contribution >= 4 is 31.6 Å². The number of hydrogen-bond acceptors (Lipinski definition) is 7. The summed E-state index contributed by atoms with van der Waals surface area (Å²) < 4.78 is 63.4. The van der Waals surface area contributed by atoms with Gasteiger partial charge in [-0.15, -0.1) is 0 Å². The minimum atomic E-state index is -3.81. The summed E-state index contributed by atoms with van der Waals surface area (Å²) in [4.78, 5) is 12.6. The zero-order valence-corrected chi connectivity index (χ0v) is 20.8. The Balaban J connectivity index is 1.72. The summed E-state index contributed by atoms with van der Waals surface area (Å²) in [5, 5.41) is 2.71. The van der Waals surface area contributed by atoms with Crippen LogP contribution in [0.2, 0.25) is 0 Å². The van der Waals surface area contributed by atoms with E-state index in [1.54, 1.807) is 6.07 Å². The van der Waals surface area contributed by atoms with Crippen molar-refractivity contribution in [2.75, 3.05) is 50.0 Å². The molecule has 0 atom stereocenters. The number of para-hydroxylation sites is 1. The first kappa shape index (κ1) is 25.9. The number of carbonyl (C=O) groups is 1. The van der Waals surface area contributed by atoms with Crippen molar-refractivity contribution in [1.29, 1.82) is 0 Å². The van der Waals surface area contributed by atoms with Gasteiger partial charge >= 0.3 is 0 Å². The van der Waals surface area contributed by atoms with Gasteiger partial charge < -0.3 is 14.8 Å². The molecule has 3 rings (SSSR count). The molecular weight excluding hydrogens is 482 g/mol. The topological polar surface area (TPSA) is 122 Å². The maximum Gasteiger partial charge on any atom is 0.243 e. The molecule has 12 heteroatoms. The van der Waals surface area contributed by atoms with Gasteiger partial charge in [-0.2, -0.15) is 4.31 Å². The molecule has 1 N–H and O–H groups in total. The molecular formula is C22H29N3O7S2. The maximum atomic E-state index is 12.8. The van der Waals surface area contributed by atoms with Crippen molar-refractivity contribution in [1.82, 2.24) is 9.62 Å². The number of anilines is 1. The molecule has 0 aliphatic carbocycles. The Labute approximate surface area is 200 Å². The molecule has 0 spiro atoms. The number of rotatable bonds is 10. The second-order valence-corrected chi connectivity index (χ2v) is 11.4. The van der Waals surface area contributed by atoms with Crippen LogP contribution in [0.1, 0.15) is 12.5 Å². The largest absolute Gasteiger partial charge is 0.494 e. The van der Waals surface area contributed by atoms with Crippen LogP contribution >= 0.6 is 0 Å². The molecule has 1 saturated heterocycles. The summed E-state index contributed by atoms with van der Waals surface area (Å²) in [6, 6.07) is 12.7. The fourth-order valence-electron chi connectivity index (χ4n) is 3.45. The van der Waals surface area contributed by atoms with Crippen LogP contribution in [0.15, 0.2) is 53.4 Å². The van der Waals surface area contributed by atoms with Crippen LogP contribution in [-0.2, 0) is 36.1 Å².